The smallest absolute Gasteiger partial charge is 0.309 e. The van der Waals surface area contributed by atoms with Crippen molar-refractivity contribution in [3.8, 4) is 0 Å². The quantitative estimate of drug-likeness (QED) is 0.438. The molecule has 2 aliphatic heterocycles. The van der Waals surface area contributed by atoms with Crippen LogP contribution in [0.2, 0.25) is 0 Å². The molecule has 1 aromatic rings. The molecule has 0 spiro atoms. The maximum Gasteiger partial charge on any atom is 0.309 e. The van der Waals surface area contributed by atoms with Crippen LogP contribution >= 0.6 is 0 Å². The molecular weight excluding hydrogens is 356 g/mol. The zero-order chi connectivity index (χ0) is 19.8. The van der Waals surface area contributed by atoms with Gasteiger partial charge in [-0.15, -0.1) is 0 Å². The standard InChI is InChI=1S/C21H34N4O3/c1-3-22-21(25-13-9-17(10-14-25)20(26)27-4-2)23-16-18(19-8-7-15-28-19)24-11-5-6-12-24/h7-8,15,17-18H,3-6,9-14,16H2,1-2H3,(H,22,23). The maximum atomic E-state index is 12.0. The average Bonchev–Trinajstić information content (AvgIpc) is 3.42. The Morgan fingerprint density at radius 1 is 1.29 bits per heavy atom. The molecule has 1 unspecified atom stereocenters. The molecule has 0 aromatic carbocycles. The first kappa shape index (κ1) is 20.7. The highest BCUT2D eigenvalue weighted by atomic mass is 16.5. The molecule has 156 valence electrons. The first-order valence-corrected chi connectivity index (χ1v) is 10.7. The van der Waals surface area contributed by atoms with Crippen LogP contribution in [0.1, 0.15) is 51.3 Å². The maximum absolute atomic E-state index is 12.0. The van der Waals surface area contributed by atoms with Crippen molar-refractivity contribution in [1.29, 1.82) is 0 Å². The van der Waals surface area contributed by atoms with E-state index in [4.69, 9.17) is 14.1 Å². The monoisotopic (exact) mass is 390 g/mol. The molecule has 0 bridgehead atoms. The van der Waals surface area contributed by atoms with Crippen LogP contribution in [0.25, 0.3) is 0 Å². The van der Waals surface area contributed by atoms with Crippen LogP contribution in [0.15, 0.2) is 27.8 Å². The third-order valence-corrected chi connectivity index (χ3v) is 5.62. The lowest BCUT2D eigenvalue weighted by Crippen LogP contribution is -2.47. The summed E-state index contributed by atoms with van der Waals surface area (Å²) in [6.07, 6.45) is 5.85. The fourth-order valence-corrected chi connectivity index (χ4v) is 4.11. The second kappa shape index (κ2) is 10.5. The molecule has 0 saturated carbocycles. The number of rotatable bonds is 7. The van der Waals surface area contributed by atoms with Gasteiger partial charge in [-0.05, 0) is 64.8 Å². The van der Waals surface area contributed by atoms with Crippen LogP contribution in [0.5, 0.6) is 0 Å². The Labute approximate surface area is 168 Å². The van der Waals surface area contributed by atoms with Crippen molar-refractivity contribution in [3.63, 3.8) is 0 Å². The second-order valence-corrected chi connectivity index (χ2v) is 7.48. The summed E-state index contributed by atoms with van der Waals surface area (Å²) in [5, 5.41) is 3.42. The second-order valence-electron chi connectivity index (χ2n) is 7.48. The van der Waals surface area contributed by atoms with E-state index in [9.17, 15) is 4.79 Å². The van der Waals surface area contributed by atoms with Crippen molar-refractivity contribution in [2.24, 2.45) is 10.9 Å². The number of hydrogen-bond donors (Lipinski definition) is 1. The summed E-state index contributed by atoms with van der Waals surface area (Å²) < 4.78 is 10.9. The van der Waals surface area contributed by atoms with E-state index in [1.165, 1.54) is 12.8 Å². The first-order valence-electron chi connectivity index (χ1n) is 10.7. The Kier molecular flexibility index (Phi) is 7.77. The lowest BCUT2D eigenvalue weighted by atomic mass is 9.97. The van der Waals surface area contributed by atoms with Crippen LogP contribution in [0, 0.1) is 5.92 Å². The summed E-state index contributed by atoms with van der Waals surface area (Å²) >= 11 is 0. The number of hydrogen-bond acceptors (Lipinski definition) is 5. The van der Waals surface area contributed by atoms with Crippen LogP contribution in [-0.2, 0) is 9.53 Å². The zero-order valence-corrected chi connectivity index (χ0v) is 17.2. The van der Waals surface area contributed by atoms with Crippen molar-refractivity contribution in [1.82, 2.24) is 15.1 Å². The number of likely N-dealkylation sites (tertiary alicyclic amines) is 2. The normalized spacial score (nSPS) is 20.4. The third-order valence-electron chi connectivity index (χ3n) is 5.62. The molecule has 3 heterocycles. The molecule has 3 rings (SSSR count). The molecule has 28 heavy (non-hydrogen) atoms. The molecule has 2 fully saturated rings. The van der Waals surface area contributed by atoms with E-state index in [1.807, 2.05) is 13.0 Å². The molecule has 0 aliphatic carbocycles. The van der Waals surface area contributed by atoms with Gasteiger partial charge in [0.2, 0.25) is 0 Å². The highest BCUT2D eigenvalue weighted by Gasteiger charge is 2.29. The molecule has 2 saturated heterocycles. The summed E-state index contributed by atoms with van der Waals surface area (Å²) in [6.45, 7) is 9.75. The van der Waals surface area contributed by atoms with Gasteiger partial charge in [0.15, 0.2) is 5.96 Å². The van der Waals surface area contributed by atoms with E-state index in [1.54, 1.807) is 6.26 Å². The minimum absolute atomic E-state index is 0.0135. The molecule has 2 aliphatic rings. The molecule has 0 radical (unpaired) electrons. The van der Waals surface area contributed by atoms with Gasteiger partial charge >= 0.3 is 5.97 Å². The molecule has 1 atom stereocenters. The lowest BCUT2D eigenvalue weighted by molar-refractivity contribution is -0.149. The molecule has 7 heteroatoms. The number of guanidine groups is 1. The largest absolute Gasteiger partial charge is 0.468 e. The fourth-order valence-electron chi connectivity index (χ4n) is 4.11. The highest BCUT2D eigenvalue weighted by Crippen LogP contribution is 2.26. The summed E-state index contributed by atoms with van der Waals surface area (Å²) in [5.74, 6) is 1.87. The number of esters is 1. The van der Waals surface area contributed by atoms with Crippen LogP contribution in [0.4, 0.5) is 0 Å². The van der Waals surface area contributed by atoms with Gasteiger partial charge in [-0.3, -0.25) is 14.7 Å². The number of furan rings is 1. The first-order chi connectivity index (χ1) is 13.7. The predicted octanol–water partition coefficient (Wildman–Crippen LogP) is 2.66. The number of ether oxygens (including phenoxy) is 1. The van der Waals surface area contributed by atoms with E-state index in [2.05, 4.69) is 28.1 Å². The van der Waals surface area contributed by atoms with E-state index in [0.29, 0.717) is 13.2 Å². The van der Waals surface area contributed by atoms with Gasteiger partial charge in [-0.2, -0.15) is 0 Å². The minimum Gasteiger partial charge on any atom is -0.468 e. The van der Waals surface area contributed by atoms with Gasteiger partial charge in [0.05, 0.1) is 31.4 Å². The van der Waals surface area contributed by atoms with Crippen molar-refractivity contribution in [2.75, 3.05) is 45.9 Å². The summed E-state index contributed by atoms with van der Waals surface area (Å²) in [6, 6.07) is 4.19. The summed E-state index contributed by atoms with van der Waals surface area (Å²) in [5.41, 5.74) is 0. The van der Waals surface area contributed by atoms with E-state index < -0.39 is 0 Å². The van der Waals surface area contributed by atoms with Gasteiger partial charge in [-0.25, -0.2) is 0 Å². The predicted molar refractivity (Wildman–Crippen MR) is 109 cm³/mol. The Morgan fingerprint density at radius 3 is 2.64 bits per heavy atom. The van der Waals surface area contributed by atoms with Gasteiger partial charge < -0.3 is 19.4 Å². The topological polar surface area (TPSA) is 70.3 Å². The highest BCUT2D eigenvalue weighted by molar-refractivity contribution is 5.80. The SMILES string of the molecule is CCNC(=NCC(c1ccco1)N1CCCC1)N1CCC(C(=O)OCC)CC1. The Morgan fingerprint density at radius 2 is 2.04 bits per heavy atom. The van der Waals surface area contributed by atoms with Gasteiger partial charge in [-0.1, -0.05) is 0 Å². The van der Waals surface area contributed by atoms with Crippen molar-refractivity contribution >= 4 is 11.9 Å². The zero-order valence-electron chi connectivity index (χ0n) is 17.2. The number of aliphatic imine (C=N–C) groups is 1. The van der Waals surface area contributed by atoms with Crippen LogP contribution in [0.3, 0.4) is 0 Å². The van der Waals surface area contributed by atoms with Gasteiger partial charge in [0, 0.05) is 19.6 Å². The Balaban J connectivity index is 1.64. The van der Waals surface area contributed by atoms with Gasteiger partial charge in [0.25, 0.3) is 0 Å². The summed E-state index contributed by atoms with van der Waals surface area (Å²) in [4.78, 5) is 21.7. The van der Waals surface area contributed by atoms with Gasteiger partial charge in [0.1, 0.15) is 5.76 Å². The molecule has 1 aromatic heterocycles. The molecular formula is C21H34N4O3. The summed E-state index contributed by atoms with van der Waals surface area (Å²) in [7, 11) is 0. The molecule has 0 amide bonds. The number of carbonyl (C=O) groups excluding carboxylic acids is 1. The van der Waals surface area contributed by atoms with E-state index in [0.717, 1.165) is 57.3 Å². The van der Waals surface area contributed by atoms with Crippen LogP contribution < -0.4 is 5.32 Å². The van der Waals surface area contributed by atoms with Crippen molar-refractivity contribution in [2.45, 2.75) is 45.6 Å². The Hall–Kier alpha value is -2.02. The van der Waals surface area contributed by atoms with E-state index in [-0.39, 0.29) is 17.9 Å². The van der Waals surface area contributed by atoms with Crippen molar-refractivity contribution < 1.29 is 13.9 Å². The van der Waals surface area contributed by atoms with Crippen LogP contribution in [-0.4, -0.2) is 67.6 Å². The third kappa shape index (κ3) is 5.28. The van der Waals surface area contributed by atoms with E-state index >= 15 is 0 Å². The number of carbonyl (C=O) groups is 1. The fraction of sp³-hybridized carbons (Fsp3) is 0.714. The Bertz CT molecular complexity index is 618. The van der Waals surface area contributed by atoms with Crippen molar-refractivity contribution in [3.05, 3.63) is 24.2 Å². The molecule has 7 nitrogen and oxygen atoms in total. The number of piperidine rings is 1. The number of nitrogens with one attached hydrogen (secondary N) is 1. The average molecular weight is 391 g/mol. The number of nitrogens with zero attached hydrogens (tertiary/aromatic N) is 3. The lowest BCUT2D eigenvalue weighted by Gasteiger charge is -2.34. The minimum atomic E-state index is -0.0593. The molecule has 1 N–H and O–H groups in total.